The smallest absolute Gasteiger partial charge is 0.191 e. The molecule has 0 aliphatic heterocycles. The molecule has 2 aromatic carbocycles. The zero-order valence-corrected chi connectivity index (χ0v) is 15.6. The lowest BCUT2D eigenvalue weighted by Crippen LogP contribution is -2.37. The average molecular weight is 338 g/mol. The molecular formula is C21H30N4. The number of guanidine groups is 1. The lowest BCUT2D eigenvalue weighted by atomic mass is 10.1. The quantitative estimate of drug-likeness (QED) is 0.441. The van der Waals surface area contributed by atoms with Crippen LogP contribution in [0.25, 0.3) is 0 Å². The maximum absolute atomic E-state index is 4.32. The summed E-state index contributed by atoms with van der Waals surface area (Å²) in [5, 5.41) is 6.82. The molecule has 2 aromatic rings. The molecule has 0 bridgehead atoms. The van der Waals surface area contributed by atoms with Gasteiger partial charge in [0.25, 0.3) is 0 Å². The Labute approximate surface area is 152 Å². The molecule has 0 fully saturated rings. The minimum absolute atomic E-state index is 0.780. The van der Waals surface area contributed by atoms with E-state index < -0.39 is 0 Å². The average Bonchev–Trinajstić information content (AvgIpc) is 2.62. The molecule has 0 atom stereocenters. The second-order valence-electron chi connectivity index (χ2n) is 6.45. The van der Waals surface area contributed by atoms with Crippen LogP contribution < -0.4 is 10.6 Å². The molecule has 0 radical (unpaired) electrons. The minimum Gasteiger partial charge on any atom is -0.356 e. The topological polar surface area (TPSA) is 39.7 Å². The third kappa shape index (κ3) is 6.98. The van der Waals surface area contributed by atoms with E-state index in [1.54, 1.807) is 0 Å². The van der Waals surface area contributed by atoms with E-state index in [1.165, 1.54) is 16.7 Å². The third-order valence-corrected chi connectivity index (χ3v) is 4.05. The molecule has 0 unspecified atom stereocenters. The van der Waals surface area contributed by atoms with E-state index in [9.17, 15) is 0 Å². The van der Waals surface area contributed by atoms with Gasteiger partial charge in [0.05, 0.1) is 0 Å². The van der Waals surface area contributed by atoms with Gasteiger partial charge in [-0.15, -0.1) is 0 Å². The summed E-state index contributed by atoms with van der Waals surface area (Å²) in [6.07, 6.45) is 2.17. The van der Waals surface area contributed by atoms with Gasteiger partial charge in [-0.3, -0.25) is 4.99 Å². The van der Waals surface area contributed by atoms with Crippen LogP contribution in [-0.2, 0) is 19.5 Å². The van der Waals surface area contributed by atoms with Crippen molar-refractivity contribution >= 4 is 5.96 Å². The highest BCUT2D eigenvalue weighted by molar-refractivity contribution is 5.79. The van der Waals surface area contributed by atoms with Crippen molar-refractivity contribution in [3.63, 3.8) is 0 Å². The van der Waals surface area contributed by atoms with Crippen molar-refractivity contribution in [3.8, 4) is 0 Å². The summed E-state index contributed by atoms with van der Waals surface area (Å²) >= 11 is 0. The summed E-state index contributed by atoms with van der Waals surface area (Å²) in [6.45, 7) is 2.64. The molecule has 2 N–H and O–H groups in total. The fourth-order valence-corrected chi connectivity index (χ4v) is 2.77. The molecule has 4 nitrogen and oxygen atoms in total. The Morgan fingerprint density at radius 1 is 0.920 bits per heavy atom. The van der Waals surface area contributed by atoms with E-state index in [1.807, 2.05) is 7.05 Å². The summed E-state index contributed by atoms with van der Waals surface area (Å²) in [5.74, 6) is 0.854. The Balaban J connectivity index is 1.77. The van der Waals surface area contributed by atoms with Crippen molar-refractivity contribution in [2.75, 3.05) is 27.7 Å². The standard InChI is InChI=1S/C21H30N4/c1-22-21(23-15-9-12-18-10-5-4-6-11-18)24-16-19-13-7-8-14-20(19)17-25(2)3/h4-8,10-11,13-14H,9,12,15-17H2,1-3H3,(H2,22,23,24). The Morgan fingerprint density at radius 2 is 1.60 bits per heavy atom. The maximum atomic E-state index is 4.32. The van der Waals surface area contributed by atoms with Crippen LogP contribution in [0.4, 0.5) is 0 Å². The summed E-state index contributed by atoms with van der Waals surface area (Å²) in [5.41, 5.74) is 4.04. The van der Waals surface area contributed by atoms with E-state index in [4.69, 9.17) is 0 Å². The van der Waals surface area contributed by atoms with Crippen LogP contribution in [0.5, 0.6) is 0 Å². The van der Waals surface area contributed by atoms with Gasteiger partial charge in [-0.25, -0.2) is 0 Å². The summed E-state index contributed by atoms with van der Waals surface area (Å²) in [7, 11) is 6.01. The summed E-state index contributed by atoms with van der Waals surface area (Å²) in [6, 6.07) is 19.1. The molecule has 0 spiro atoms. The lowest BCUT2D eigenvalue weighted by Gasteiger charge is -2.16. The number of aryl methyl sites for hydroxylation is 1. The van der Waals surface area contributed by atoms with Gasteiger partial charge in [-0.1, -0.05) is 54.6 Å². The van der Waals surface area contributed by atoms with Crippen molar-refractivity contribution in [2.24, 2.45) is 4.99 Å². The van der Waals surface area contributed by atoms with Crippen LogP contribution in [0.1, 0.15) is 23.1 Å². The Hall–Kier alpha value is -2.33. The molecule has 0 saturated heterocycles. The molecule has 0 saturated carbocycles. The van der Waals surface area contributed by atoms with E-state index in [0.717, 1.165) is 38.4 Å². The Kier molecular flexibility index (Phi) is 7.99. The first kappa shape index (κ1) is 19.0. The largest absolute Gasteiger partial charge is 0.356 e. The number of aliphatic imine (C=N–C) groups is 1. The number of nitrogens with one attached hydrogen (secondary N) is 2. The van der Waals surface area contributed by atoms with Crippen LogP contribution >= 0.6 is 0 Å². The molecule has 25 heavy (non-hydrogen) atoms. The molecule has 2 rings (SSSR count). The van der Waals surface area contributed by atoms with Crippen molar-refractivity contribution in [2.45, 2.75) is 25.9 Å². The highest BCUT2D eigenvalue weighted by Crippen LogP contribution is 2.10. The lowest BCUT2D eigenvalue weighted by molar-refractivity contribution is 0.400. The first-order chi connectivity index (χ1) is 12.2. The van der Waals surface area contributed by atoms with Gasteiger partial charge in [0.15, 0.2) is 5.96 Å². The molecule has 134 valence electrons. The van der Waals surface area contributed by atoms with Gasteiger partial charge >= 0.3 is 0 Å². The van der Waals surface area contributed by atoms with Crippen molar-refractivity contribution in [3.05, 3.63) is 71.3 Å². The molecular weight excluding hydrogens is 308 g/mol. The normalized spacial score (nSPS) is 11.6. The molecule has 4 heteroatoms. The molecule has 0 aromatic heterocycles. The predicted octanol–water partition coefficient (Wildman–Crippen LogP) is 3.05. The highest BCUT2D eigenvalue weighted by Gasteiger charge is 2.04. The van der Waals surface area contributed by atoms with E-state index >= 15 is 0 Å². The van der Waals surface area contributed by atoms with Crippen molar-refractivity contribution in [1.29, 1.82) is 0 Å². The number of hydrogen-bond donors (Lipinski definition) is 2. The molecule has 0 amide bonds. The van der Waals surface area contributed by atoms with E-state index in [-0.39, 0.29) is 0 Å². The third-order valence-electron chi connectivity index (χ3n) is 4.05. The number of benzene rings is 2. The first-order valence-corrected chi connectivity index (χ1v) is 8.89. The number of hydrogen-bond acceptors (Lipinski definition) is 2. The van der Waals surface area contributed by atoms with Crippen molar-refractivity contribution in [1.82, 2.24) is 15.5 Å². The van der Waals surface area contributed by atoms with Gasteiger partial charge in [-0.2, -0.15) is 0 Å². The Morgan fingerprint density at radius 3 is 2.28 bits per heavy atom. The highest BCUT2D eigenvalue weighted by atomic mass is 15.2. The summed E-state index contributed by atoms with van der Waals surface area (Å²) in [4.78, 5) is 6.51. The minimum atomic E-state index is 0.780. The molecule has 0 aliphatic rings. The predicted molar refractivity (Wildman–Crippen MR) is 107 cm³/mol. The van der Waals surface area contributed by atoms with Gasteiger partial charge in [0.2, 0.25) is 0 Å². The zero-order chi connectivity index (χ0) is 17.9. The van der Waals surface area contributed by atoms with Gasteiger partial charge in [0.1, 0.15) is 0 Å². The SMILES string of the molecule is CN=C(NCCCc1ccccc1)NCc1ccccc1CN(C)C. The van der Waals surface area contributed by atoms with Crippen LogP contribution in [0.2, 0.25) is 0 Å². The first-order valence-electron chi connectivity index (χ1n) is 8.89. The van der Waals surface area contributed by atoms with Crippen LogP contribution in [0.15, 0.2) is 59.6 Å². The van der Waals surface area contributed by atoms with Gasteiger partial charge in [0, 0.05) is 26.7 Å². The fourth-order valence-electron chi connectivity index (χ4n) is 2.77. The number of rotatable bonds is 8. The monoisotopic (exact) mass is 338 g/mol. The Bertz CT molecular complexity index is 650. The second-order valence-corrected chi connectivity index (χ2v) is 6.45. The maximum Gasteiger partial charge on any atom is 0.191 e. The van der Waals surface area contributed by atoms with Crippen molar-refractivity contribution < 1.29 is 0 Å². The van der Waals surface area contributed by atoms with Gasteiger partial charge in [-0.05, 0) is 43.6 Å². The van der Waals surface area contributed by atoms with E-state index in [0.29, 0.717) is 0 Å². The van der Waals surface area contributed by atoms with Crippen LogP contribution in [0, 0.1) is 0 Å². The molecule has 0 aliphatic carbocycles. The number of nitrogens with zero attached hydrogens (tertiary/aromatic N) is 2. The van der Waals surface area contributed by atoms with Crippen LogP contribution in [-0.4, -0.2) is 38.5 Å². The van der Waals surface area contributed by atoms with Crippen LogP contribution in [0.3, 0.4) is 0 Å². The van der Waals surface area contributed by atoms with Gasteiger partial charge < -0.3 is 15.5 Å². The summed E-state index contributed by atoms with van der Waals surface area (Å²) < 4.78 is 0. The van der Waals surface area contributed by atoms with E-state index in [2.05, 4.69) is 89.2 Å². The zero-order valence-electron chi connectivity index (χ0n) is 15.6. The second kappa shape index (κ2) is 10.5. The molecule has 0 heterocycles. The fraction of sp³-hybridized carbons (Fsp3) is 0.381.